The van der Waals surface area contributed by atoms with Crippen molar-refractivity contribution in [2.24, 2.45) is 0 Å². The van der Waals surface area contributed by atoms with Crippen molar-refractivity contribution in [1.82, 2.24) is 5.48 Å². The lowest BCUT2D eigenvalue weighted by Gasteiger charge is -2.05. The highest BCUT2D eigenvalue weighted by Crippen LogP contribution is 2.22. The van der Waals surface area contributed by atoms with Gasteiger partial charge in [0.25, 0.3) is 11.8 Å². The van der Waals surface area contributed by atoms with Crippen molar-refractivity contribution >= 4 is 28.8 Å². The maximum atomic E-state index is 11.9. The van der Waals surface area contributed by atoms with E-state index in [-0.39, 0.29) is 10.8 Å². The van der Waals surface area contributed by atoms with Crippen LogP contribution in [-0.2, 0) is 0 Å². The van der Waals surface area contributed by atoms with Crippen LogP contribution in [0.5, 0.6) is 0 Å². The average molecular weight is 262 g/mol. The predicted molar refractivity (Wildman–Crippen MR) is 68.0 cm³/mol. The van der Waals surface area contributed by atoms with Crippen LogP contribution < -0.4 is 10.8 Å². The lowest BCUT2D eigenvalue weighted by Crippen LogP contribution is -2.20. The highest BCUT2D eigenvalue weighted by Gasteiger charge is 2.15. The number of hydroxylamine groups is 1. The molecule has 0 unspecified atom stereocenters. The molecule has 1 aromatic carbocycles. The molecule has 3 N–H and O–H groups in total. The number of hydrogen-bond acceptors (Lipinski definition) is 4. The Morgan fingerprint density at radius 3 is 2.44 bits per heavy atom. The molecular formula is C12H10N2O3S. The van der Waals surface area contributed by atoms with Gasteiger partial charge in [-0.1, -0.05) is 18.2 Å². The second kappa shape index (κ2) is 5.44. The third-order valence-electron chi connectivity index (χ3n) is 2.26. The summed E-state index contributed by atoms with van der Waals surface area (Å²) in [6, 6.07) is 10.3. The molecule has 0 aliphatic heterocycles. The lowest BCUT2D eigenvalue weighted by atomic mass is 10.2. The Hall–Kier alpha value is -2.18. The minimum Gasteiger partial charge on any atom is -0.320 e. The van der Waals surface area contributed by atoms with E-state index in [2.05, 4.69) is 5.32 Å². The molecule has 5 nitrogen and oxygen atoms in total. The molecule has 2 rings (SSSR count). The Morgan fingerprint density at radius 2 is 1.78 bits per heavy atom. The first-order chi connectivity index (χ1) is 8.72. The summed E-state index contributed by atoms with van der Waals surface area (Å²) in [6.07, 6.45) is 0. The molecule has 1 heterocycles. The van der Waals surface area contributed by atoms with Crippen LogP contribution in [0.2, 0.25) is 0 Å². The van der Waals surface area contributed by atoms with Crippen LogP contribution in [-0.4, -0.2) is 17.0 Å². The van der Waals surface area contributed by atoms with Gasteiger partial charge in [0.1, 0.15) is 4.88 Å². The first-order valence-corrected chi connectivity index (χ1v) is 5.98. The molecule has 0 fully saturated rings. The molecule has 0 spiro atoms. The number of anilines is 1. The summed E-state index contributed by atoms with van der Waals surface area (Å²) in [5, 5.41) is 12.9. The van der Waals surface area contributed by atoms with Crippen molar-refractivity contribution in [2.45, 2.75) is 0 Å². The summed E-state index contributed by atoms with van der Waals surface area (Å²) in [6.45, 7) is 0. The van der Waals surface area contributed by atoms with Crippen molar-refractivity contribution < 1.29 is 14.8 Å². The molecule has 0 atom stereocenters. The van der Waals surface area contributed by atoms with Gasteiger partial charge in [-0.3, -0.25) is 14.8 Å². The number of thiophene rings is 1. The predicted octanol–water partition coefficient (Wildman–Crippen LogP) is 2.12. The van der Waals surface area contributed by atoms with Crippen molar-refractivity contribution in [3.05, 3.63) is 52.2 Å². The fourth-order valence-corrected chi connectivity index (χ4v) is 2.16. The SMILES string of the molecule is O=C(Nc1ccsc1C(=O)NO)c1ccccc1. The molecule has 6 heteroatoms. The third-order valence-corrected chi connectivity index (χ3v) is 3.17. The summed E-state index contributed by atoms with van der Waals surface area (Å²) >= 11 is 1.13. The second-order valence-corrected chi connectivity index (χ2v) is 4.34. The van der Waals surface area contributed by atoms with Gasteiger partial charge in [0.05, 0.1) is 5.69 Å². The fraction of sp³-hybridized carbons (Fsp3) is 0. The standard InChI is InChI=1S/C12H10N2O3S/c15-11(8-4-2-1-3-5-8)13-9-6-7-18-10(9)12(16)14-17/h1-7,17H,(H,13,15)(H,14,16). The van der Waals surface area contributed by atoms with Crippen LogP contribution >= 0.6 is 11.3 Å². The number of amides is 2. The molecule has 0 radical (unpaired) electrons. The van der Waals surface area contributed by atoms with Gasteiger partial charge in [-0.15, -0.1) is 11.3 Å². The average Bonchev–Trinajstić information content (AvgIpc) is 2.87. The number of hydrogen-bond donors (Lipinski definition) is 3. The summed E-state index contributed by atoms with van der Waals surface area (Å²) in [5.41, 5.74) is 2.42. The van der Waals surface area contributed by atoms with Gasteiger partial charge in [-0.2, -0.15) is 0 Å². The Kier molecular flexibility index (Phi) is 3.71. The van der Waals surface area contributed by atoms with E-state index in [1.807, 2.05) is 6.07 Å². The van der Waals surface area contributed by atoms with Gasteiger partial charge in [-0.05, 0) is 23.6 Å². The van der Waals surface area contributed by atoms with Crippen LogP contribution in [0.4, 0.5) is 5.69 Å². The molecule has 92 valence electrons. The Bertz CT molecular complexity index is 566. The minimum atomic E-state index is -0.645. The van der Waals surface area contributed by atoms with Crippen LogP contribution in [0.3, 0.4) is 0 Å². The van der Waals surface area contributed by atoms with E-state index in [0.29, 0.717) is 11.3 Å². The Balaban J connectivity index is 2.18. The monoisotopic (exact) mass is 262 g/mol. The van der Waals surface area contributed by atoms with Crippen LogP contribution in [0.15, 0.2) is 41.8 Å². The normalized spacial score (nSPS) is 9.83. The molecule has 0 saturated heterocycles. The van der Waals surface area contributed by atoms with Crippen molar-refractivity contribution in [1.29, 1.82) is 0 Å². The van der Waals surface area contributed by atoms with Crippen molar-refractivity contribution in [3.63, 3.8) is 0 Å². The zero-order valence-corrected chi connectivity index (χ0v) is 10.0. The van der Waals surface area contributed by atoms with E-state index in [9.17, 15) is 9.59 Å². The molecule has 18 heavy (non-hydrogen) atoms. The highest BCUT2D eigenvalue weighted by molar-refractivity contribution is 7.12. The molecule has 0 aliphatic rings. The van der Waals surface area contributed by atoms with Crippen LogP contribution in [0.25, 0.3) is 0 Å². The van der Waals surface area contributed by atoms with E-state index in [0.717, 1.165) is 11.3 Å². The minimum absolute atomic E-state index is 0.252. The van der Waals surface area contributed by atoms with Gasteiger partial charge in [0, 0.05) is 5.56 Å². The smallest absolute Gasteiger partial charge is 0.286 e. The second-order valence-electron chi connectivity index (χ2n) is 3.42. The number of carbonyl (C=O) groups is 2. The topological polar surface area (TPSA) is 78.4 Å². The molecule has 0 bridgehead atoms. The lowest BCUT2D eigenvalue weighted by molar-refractivity contribution is 0.0712. The Labute approximate surface area is 107 Å². The van der Waals surface area contributed by atoms with E-state index < -0.39 is 5.91 Å². The zero-order chi connectivity index (χ0) is 13.0. The molecule has 0 saturated carbocycles. The quantitative estimate of drug-likeness (QED) is 0.585. The molecule has 2 amide bonds. The number of carbonyl (C=O) groups excluding carboxylic acids is 2. The van der Waals surface area contributed by atoms with Gasteiger partial charge >= 0.3 is 0 Å². The fourth-order valence-electron chi connectivity index (χ4n) is 1.42. The summed E-state index contributed by atoms with van der Waals surface area (Å²) in [5.74, 6) is -0.950. The summed E-state index contributed by atoms with van der Waals surface area (Å²) in [7, 11) is 0. The maximum absolute atomic E-state index is 11.9. The highest BCUT2D eigenvalue weighted by atomic mass is 32.1. The van der Waals surface area contributed by atoms with E-state index in [4.69, 9.17) is 5.21 Å². The maximum Gasteiger partial charge on any atom is 0.286 e. The molecular weight excluding hydrogens is 252 g/mol. The van der Waals surface area contributed by atoms with E-state index in [1.165, 1.54) is 0 Å². The van der Waals surface area contributed by atoms with Gasteiger partial charge in [0.2, 0.25) is 0 Å². The van der Waals surface area contributed by atoms with E-state index >= 15 is 0 Å². The molecule has 2 aromatic rings. The van der Waals surface area contributed by atoms with E-state index in [1.54, 1.807) is 41.2 Å². The third kappa shape index (κ3) is 2.55. The summed E-state index contributed by atoms with van der Waals surface area (Å²) in [4.78, 5) is 23.4. The van der Waals surface area contributed by atoms with Crippen LogP contribution in [0.1, 0.15) is 20.0 Å². The van der Waals surface area contributed by atoms with Gasteiger partial charge in [0.15, 0.2) is 0 Å². The number of rotatable bonds is 3. The first-order valence-electron chi connectivity index (χ1n) is 5.10. The molecule has 1 aromatic heterocycles. The van der Waals surface area contributed by atoms with Crippen LogP contribution in [0, 0.1) is 0 Å². The van der Waals surface area contributed by atoms with Gasteiger partial charge in [-0.25, -0.2) is 5.48 Å². The Morgan fingerprint density at radius 1 is 1.06 bits per heavy atom. The largest absolute Gasteiger partial charge is 0.320 e. The van der Waals surface area contributed by atoms with Gasteiger partial charge < -0.3 is 5.32 Å². The number of nitrogens with one attached hydrogen (secondary N) is 2. The summed E-state index contributed by atoms with van der Waals surface area (Å²) < 4.78 is 0. The van der Waals surface area contributed by atoms with Crippen molar-refractivity contribution in [2.75, 3.05) is 5.32 Å². The van der Waals surface area contributed by atoms with Crippen molar-refractivity contribution in [3.8, 4) is 0 Å². The molecule has 0 aliphatic carbocycles. The zero-order valence-electron chi connectivity index (χ0n) is 9.21. The first kappa shape index (κ1) is 12.3. The number of benzene rings is 1.